The molecule has 0 radical (unpaired) electrons. The molecule has 2 rings (SSSR count). The number of hydrogen-bond donors (Lipinski definition) is 1. The summed E-state index contributed by atoms with van der Waals surface area (Å²) in [6.45, 7) is 3.67. The lowest BCUT2D eigenvalue weighted by atomic mass is 10.0. The molecule has 3 nitrogen and oxygen atoms in total. The molecule has 2 unspecified atom stereocenters. The molecular weight excluding hydrogens is 277 g/mol. The Morgan fingerprint density at radius 3 is 3.05 bits per heavy atom. The second-order valence-electron chi connectivity index (χ2n) is 4.78. The molecule has 0 amide bonds. The average Bonchev–Trinajstić information content (AvgIpc) is 2.50. The summed E-state index contributed by atoms with van der Waals surface area (Å²) in [4.78, 5) is 0. The fourth-order valence-electron chi connectivity index (χ4n) is 2.37. The van der Waals surface area contributed by atoms with Crippen molar-refractivity contribution in [2.75, 3.05) is 31.8 Å². The third kappa shape index (κ3) is 3.65. The minimum atomic E-state index is -0.289. The maximum atomic E-state index is 14.5. The normalized spacial score (nSPS) is 20.6. The molecule has 0 spiro atoms. The van der Waals surface area contributed by atoms with Gasteiger partial charge < -0.3 is 14.8 Å². The zero-order valence-electron chi connectivity index (χ0n) is 12.0. The number of methoxy groups -OCH3 is 1. The van der Waals surface area contributed by atoms with Gasteiger partial charge in [0.25, 0.3) is 0 Å². The summed E-state index contributed by atoms with van der Waals surface area (Å²) < 4.78 is 25.4. The van der Waals surface area contributed by atoms with Gasteiger partial charge in [-0.15, -0.1) is 0 Å². The quantitative estimate of drug-likeness (QED) is 0.875. The van der Waals surface area contributed by atoms with E-state index in [1.54, 1.807) is 6.07 Å². The highest BCUT2D eigenvalue weighted by molar-refractivity contribution is 7.99. The Labute approximate surface area is 124 Å². The lowest BCUT2D eigenvalue weighted by Crippen LogP contribution is -2.39. The van der Waals surface area contributed by atoms with Gasteiger partial charge in [-0.3, -0.25) is 0 Å². The minimum absolute atomic E-state index is 0.00176. The van der Waals surface area contributed by atoms with Gasteiger partial charge in [-0.2, -0.15) is 11.8 Å². The zero-order chi connectivity index (χ0) is 14.4. The molecule has 5 heteroatoms. The van der Waals surface area contributed by atoms with Gasteiger partial charge in [-0.25, -0.2) is 4.39 Å². The van der Waals surface area contributed by atoms with Gasteiger partial charge in [0.05, 0.1) is 25.9 Å². The van der Waals surface area contributed by atoms with Gasteiger partial charge >= 0.3 is 0 Å². The molecule has 0 saturated carbocycles. The third-order valence-electron chi connectivity index (χ3n) is 3.38. The Bertz CT molecular complexity index is 424. The van der Waals surface area contributed by atoms with Crippen LogP contribution in [0.4, 0.5) is 4.39 Å². The molecule has 1 saturated heterocycles. The Balaban J connectivity index is 2.25. The van der Waals surface area contributed by atoms with Gasteiger partial charge in [-0.05, 0) is 19.0 Å². The van der Waals surface area contributed by atoms with Crippen LogP contribution in [-0.4, -0.2) is 37.9 Å². The van der Waals surface area contributed by atoms with E-state index >= 15 is 0 Å². The van der Waals surface area contributed by atoms with Crippen LogP contribution in [0.3, 0.4) is 0 Å². The molecule has 2 atom stereocenters. The fourth-order valence-corrected chi connectivity index (χ4v) is 3.27. The van der Waals surface area contributed by atoms with E-state index in [1.807, 2.05) is 23.9 Å². The van der Waals surface area contributed by atoms with Crippen LogP contribution in [0.2, 0.25) is 0 Å². The smallest absolute Gasteiger partial charge is 0.169 e. The predicted octanol–water partition coefficient (Wildman–Crippen LogP) is 3.01. The van der Waals surface area contributed by atoms with E-state index in [9.17, 15) is 4.39 Å². The maximum absolute atomic E-state index is 14.5. The Kier molecular flexibility index (Phi) is 6.13. The molecule has 1 N–H and O–H groups in total. The number of benzene rings is 1. The SMILES string of the molecule is CCCNC(c1cccc(OC)c1F)C1CSCCO1. The van der Waals surface area contributed by atoms with E-state index in [-0.39, 0.29) is 23.7 Å². The summed E-state index contributed by atoms with van der Waals surface area (Å²) in [5, 5.41) is 3.41. The Morgan fingerprint density at radius 2 is 2.40 bits per heavy atom. The summed E-state index contributed by atoms with van der Waals surface area (Å²) in [5.41, 5.74) is 0.630. The van der Waals surface area contributed by atoms with Crippen LogP contribution in [-0.2, 0) is 4.74 Å². The topological polar surface area (TPSA) is 30.5 Å². The number of nitrogens with one attached hydrogen (secondary N) is 1. The maximum Gasteiger partial charge on any atom is 0.169 e. The van der Waals surface area contributed by atoms with Crippen LogP contribution >= 0.6 is 11.8 Å². The minimum Gasteiger partial charge on any atom is -0.494 e. The van der Waals surface area contributed by atoms with Crippen LogP contribution < -0.4 is 10.1 Å². The van der Waals surface area contributed by atoms with Gasteiger partial charge in [0.1, 0.15) is 0 Å². The molecular formula is C15H22FNO2S. The van der Waals surface area contributed by atoms with Crippen molar-refractivity contribution in [1.82, 2.24) is 5.32 Å². The summed E-state index contributed by atoms with van der Waals surface area (Å²) in [6.07, 6.45) is 1.00. The van der Waals surface area contributed by atoms with Crippen molar-refractivity contribution in [2.45, 2.75) is 25.5 Å². The first kappa shape index (κ1) is 15.6. The molecule has 1 heterocycles. The van der Waals surface area contributed by atoms with E-state index in [1.165, 1.54) is 7.11 Å². The summed E-state index contributed by atoms with van der Waals surface area (Å²) in [7, 11) is 1.49. The Morgan fingerprint density at radius 1 is 1.55 bits per heavy atom. The second-order valence-corrected chi connectivity index (χ2v) is 5.93. The lowest BCUT2D eigenvalue weighted by molar-refractivity contribution is 0.0457. The first-order chi connectivity index (χ1) is 9.77. The van der Waals surface area contributed by atoms with Gasteiger partial charge in [0.15, 0.2) is 11.6 Å². The molecule has 1 aromatic carbocycles. The largest absolute Gasteiger partial charge is 0.494 e. The second kappa shape index (κ2) is 7.86. The summed E-state index contributed by atoms with van der Waals surface area (Å²) >= 11 is 1.86. The van der Waals surface area contributed by atoms with Crippen LogP contribution in [0.25, 0.3) is 0 Å². The van der Waals surface area contributed by atoms with E-state index in [4.69, 9.17) is 9.47 Å². The summed E-state index contributed by atoms with van der Waals surface area (Å²) in [6, 6.07) is 5.16. The van der Waals surface area contributed by atoms with E-state index < -0.39 is 0 Å². The van der Waals surface area contributed by atoms with Gasteiger partial charge in [0, 0.05) is 17.1 Å². The molecule has 1 aliphatic heterocycles. The molecule has 112 valence electrons. The molecule has 20 heavy (non-hydrogen) atoms. The monoisotopic (exact) mass is 299 g/mol. The lowest BCUT2D eigenvalue weighted by Gasteiger charge is -2.31. The van der Waals surface area contributed by atoms with Crippen molar-refractivity contribution in [3.63, 3.8) is 0 Å². The average molecular weight is 299 g/mol. The molecule has 1 aliphatic rings. The van der Waals surface area contributed by atoms with Crippen molar-refractivity contribution >= 4 is 11.8 Å². The van der Waals surface area contributed by atoms with E-state index in [0.717, 1.165) is 31.1 Å². The van der Waals surface area contributed by atoms with Crippen molar-refractivity contribution < 1.29 is 13.9 Å². The third-order valence-corrected chi connectivity index (χ3v) is 4.40. The number of hydrogen-bond acceptors (Lipinski definition) is 4. The van der Waals surface area contributed by atoms with Crippen LogP contribution in [0.15, 0.2) is 18.2 Å². The highest BCUT2D eigenvalue weighted by Crippen LogP contribution is 2.30. The molecule has 0 bridgehead atoms. The fraction of sp³-hybridized carbons (Fsp3) is 0.600. The highest BCUT2D eigenvalue weighted by atomic mass is 32.2. The number of halogens is 1. The van der Waals surface area contributed by atoms with Crippen molar-refractivity contribution in [3.05, 3.63) is 29.6 Å². The van der Waals surface area contributed by atoms with Gasteiger partial charge in [-0.1, -0.05) is 19.1 Å². The van der Waals surface area contributed by atoms with Crippen LogP contribution in [0, 0.1) is 5.82 Å². The van der Waals surface area contributed by atoms with Gasteiger partial charge in [0.2, 0.25) is 0 Å². The Hall–Kier alpha value is -0.780. The van der Waals surface area contributed by atoms with E-state index in [2.05, 4.69) is 12.2 Å². The first-order valence-electron chi connectivity index (χ1n) is 7.03. The van der Waals surface area contributed by atoms with Crippen LogP contribution in [0.5, 0.6) is 5.75 Å². The van der Waals surface area contributed by atoms with E-state index in [0.29, 0.717) is 5.56 Å². The molecule has 1 fully saturated rings. The van der Waals surface area contributed by atoms with Crippen molar-refractivity contribution in [3.8, 4) is 5.75 Å². The standard InChI is InChI=1S/C15H22FNO2S/c1-3-7-17-15(13-10-20-9-8-19-13)11-5-4-6-12(18-2)14(11)16/h4-6,13,15,17H,3,7-10H2,1-2H3. The van der Waals surface area contributed by atoms with Crippen molar-refractivity contribution in [2.24, 2.45) is 0 Å². The zero-order valence-corrected chi connectivity index (χ0v) is 12.8. The summed E-state index contributed by atoms with van der Waals surface area (Å²) in [5.74, 6) is 1.90. The first-order valence-corrected chi connectivity index (χ1v) is 8.18. The van der Waals surface area contributed by atoms with Crippen molar-refractivity contribution in [1.29, 1.82) is 0 Å². The van der Waals surface area contributed by atoms with Crippen LogP contribution in [0.1, 0.15) is 24.9 Å². The number of ether oxygens (including phenoxy) is 2. The highest BCUT2D eigenvalue weighted by Gasteiger charge is 2.28. The predicted molar refractivity (Wildman–Crippen MR) is 81.1 cm³/mol. The molecule has 0 aromatic heterocycles. The number of thioether (sulfide) groups is 1. The molecule has 0 aliphatic carbocycles. The number of rotatable bonds is 6. The molecule has 1 aromatic rings.